The minimum atomic E-state index is -0.488. The molecule has 3 aromatic heterocycles. The molecule has 1 unspecified atom stereocenters. The molecule has 0 aliphatic heterocycles. The van der Waals surface area contributed by atoms with Gasteiger partial charge in [-0.2, -0.15) is 5.10 Å². The first-order valence-electron chi connectivity index (χ1n) is 10.4. The van der Waals surface area contributed by atoms with Crippen LogP contribution < -0.4 is 5.32 Å². The highest BCUT2D eigenvalue weighted by atomic mass is 32.1. The van der Waals surface area contributed by atoms with Crippen LogP contribution in [0, 0.1) is 5.92 Å². The topological polar surface area (TPSA) is 85.6 Å². The molecule has 4 rings (SSSR count). The van der Waals surface area contributed by atoms with Gasteiger partial charge in [-0.15, -0.1) is 11.3 Å². The van der Waals surface area contributed by atoms with Crippen molar-refractivity contribution >= 4 is 34.5 Å². The van der Waals surface area contributed by atoms with Crippen LogP contribution in [0.25, 0.3) is 16.9 Å². The average molecular weight is 449 g/mol. The van der Waals surface area contributed by atoms with Gasteiger partial charge in [0.15, 0.2) is 5.65 Å². The van der Waals surface area contributed by atoms with Crippen LogP contribution in [-0.4, -0.2) is 32.6 Å². The number of carbonyl (C=O) groups excluding carboxylic acids is 2. The van der Waals surface area contributed by atoms with Crippen LogP contribution in [-0.2, 0) is 4.74 Å². The van der Waals surface area contributed by atoms with E-state index < -0.39 is 6.09 Å². The first kappa shape index (κ1) is 21.7. The molecule has 4 aromatic rings. The first-order valence-corrected chi connectivity index (χ1v) is 11.3. The van der Waals surface area contributed by atoms with Gasteiger partial charge >= 0.3 is 6.09 Å². The van der Waals surface area contributed by atoms with Crippen molar-refractivity contribution in [1.29, 1.82) is 0 Å². The molecular weight excluding hydrogens is 424 g/mol. The van der Waals surface area contributed by atoms with Gasteiger partial charge < -0.3 is 4.74 Å². The standard InChI is InChI=1S/C24H24N4O3S/c1-15(2)12-16(3)31-24(30)27-18-7-4-6-17(13-18)20-9-10-25-23-19(14-26-28(20)23)22(29)21-8-5-11-32-21/h4-11,13-16H,12H2,1-3H3,(H,27,30). The number of rotatable bonds is 7. The molecule has 164 valence electrons. The first-order chi connectivity index (χ1) is 15.4. The molecule has 0 aliphatic carbocycles. The Morgan fingerprint density at radius 2 is 2.00 bits per heavy atom. The molecule has 1 amide bonds. The highest BCUT2D eigenvalue weighted by Crippen LogP contribution is 2.25. The molecule has 0 spiro atoms. The van der Waals surface area contributed by atoms with Crippen molar-refractivity contribution in [3.63, 3.8) is 0 Å². The maximum Gasteiger partial charge on any atom is 0.411 e. The predicted molar refractivity (Wildman–Crippen MR) is 125 cm³/mol. The van der Waals surface area contributed by atoms with Crippen LogP contribution in [0.3, 0.4) is 0 Å². The Morgan fingerprint density at radius 3 is 2.75 bits per heavy atom. The molecule has 7 nitrogen and oxygen atoms in total. The lowest BCUT2D eigenvalue weighted by atomic mass is 10.1. The molecule has 3 heterocycles. The summed E-state index contributed by atoms with van der Waals surface area (Å²) in [5, 5.41) is 9.06. The van der Waals surface area contributed by atoms with Crippen LogP contribution in [0.2, 0.25) is 0 Å². The summed E-state index contributed by atoms with van der Waals surface area (Å²) in [6.45, 7) is 6.06. The fraction of sp³-hybridized carbons (Fsp3) is 0.250. The van der Waals surface area contributed by atoms with E-state index in [0.29, 0.717) is 27.7 Å². The lowest BCUT2D eigenvalue weighted by molar-refractivity contribution is 0.104. The summed E-state index contributed by atoms with van der Waals surface area (Å²) in [7, 11) is 0. The number of anilines is 1. The van der Waals surface area contributed by atoms with E-state index in [0.717, 1.165) is 17.7 Å². The zero-order chi connectivity index (χ0) is 22.7. The second kappa shape index (κ2) is 9.32. The summed E-state index contributed by atoms with van der Waals surface area (Å²) in [4.78, 5) is 30.1. The molecular formula is C24H24N4O3S. The molecule has 8 heteroatoms. The molecule has 0 saturated heterocycles. The summed E-state index contributed by atoms with van der Waals surface area (Å²) in [5.41, 5.74) is 3.12. The third-order valence-electron chi connectivity index (χ3n) is 4.91. The molecule has 0 bridgehead atoms. The number of ketones is 1. The number of benzene rings is 1. The number of hydrogen-bond donors (Lipinski definition) is 1. The second-order valence-electron chi connectivity index (χ2n) is 7.98. The van der Waals surface area contributed by atoms with Gasteiger partial charge in [-0.1, -0.05) is 32.0 Å². The Bertz CT molecular complexity index is 1250. The Balaban J connectivity index is 1.59. The predicted octanol–water partition coefficient (Wildman–Crippen LogP) is 5.67. The number of ether oxygens (including phenoxy) is 1. The number of carbonyl (C=O) groups is 2. The van der Waals surface area contributed by atoms with Crippen molar-refractivity contribution < 1.29 is 14.3 Å². The Morgan fingerprint density at radius 1 is 1.16 bits per heavy atom. The van der Waals surface area contributed by atoms with Crippen molar-refractivity contribution in [1.82, 2.24) is 14.6 Å². The van der Waals surface area contributed by atoms with Crippen LogP contribution >= 0.6 is 11.3 Å². The average Bonchev–Trinajstić information content (AvgIpc) is 3.42. The Labute approximate surface area is 190 Å². The van der Waals surface area contributed by atoms with E-state index in [-0.39, 0.29) is 11.9 Å². The number of aromatic nitrogens is 3. The molecule has 32 heavy (non-hydrogen) atoms. The highest BCUT2D eigenvalue weighted by Gasteiger charge is 2.19. The van der Waals surface area contributed by atoms with Gasteiger partial charge in [0.1, 0.15) is 6.10 Å². The van der Waals surface area contributed by atoms with Crippen molar-refractivity contribution in [2.75, 3.05) is 5.32 Å². The highest BCUT2D eigenvalue weighted by molar-refractivity contribution is 7.12. The Hall–Kier alpha value is -3.52. The van der Waals surface area contributed by atoms with Crippen molar-refractivity contribution in [3.8, 4) is 11.3 Å². The zero-order valence-electron chi connectivity index (χ0n) is 18.1. The van der Waals surface area contributed by atoms with Gasteiger partial charge in [0, 0.05) is 17.4 Å². The minimum Gasteiger partial charge on any atom is -0.446 e. The number of fused-ring (bicyclic) bond motifs is 1. The molecule has 0 aliphatic rings. The van der Waals surface area contributed by atoms with Crippen molar-refractivity contribution in [2.45, 2.75) is 33.3 Å². The van der Waals surface area contributed by atoms with Crippen LogP contribution in [0.5, 0.6) is 0 Å². The van der Waals surface area contributed by atoms with E-state index in [9.17, 15) is 9.59 Å². The molecule has 1 N–H and O–H groups in total. The quantitative estimate of drug-likeness (QED) is 0.368. The lowest BCUT2D eigenvalue weighted by Gasteiger charge is -2.16. The smallest absolute Gasteiger partial charge is 0.411 e. The van der Waals surface area contributed by atoms with Gasteiger partial charge in [-0.3, -0.25) is 10.1 Å². The van der Waals surface area contributed by atoms with E-state index >= 15 is 0 Å². The van der Waals surface area contributed by atoms with Crippen LogP contribution in [0.1, 0.15) is 42.4 Å². The fourth-order valence-corrected chi connectivity index (χ4v) is 4.29. The largest absolute Gasteiger partial charge is 0.446 e. The Kier molecular flexibility index (Phi) is 6.32. The van der Waals surface area contributed by atoms with Gasteiger partial charge in [0.05, 0.1) is 22.3 Å². The number of thiophene rings is 1. The fourth-order valence-electron chi connectivity index (χ4n) is 3.61. The van der Waals surface area contributed by atoms with Gasteiger partial charge in [0.2, 0.25) is 5.78 Å². The van der Waals surface area contributed by atoms with Gasteiger partial charge in [-0.25, -0.2) is 14.3 Å². The van der Waals surface area contributed by atoms with E-state index in [4.69, 9.17) is 4.74 Å². The number of nitrogens with one attached hydrogen (secondary N) is 1. The zero-order valence-corrected chi connectivity index (χ0v) is 18.9. The van der Waals surface area contributed by atoms with E-state index in [1.165, 1.54) is 11.3 Å². The van der Waals surface area contributed by atoms with Gasteiger partial charge in [-0.05, 0) is 48.9 Å². The summed E-state index contributed by atoms with van der Waals surface area (Å²) in [6, 6.07) is 12.8. The summed E-state index contributed by atoms with van der Waals surface area (Å²) >= 11 is 1.39. The maximum absolute atomic E-state index is 12.8. The third-order valence-corrected chi connectivity index (χ3v) is 5.78. The van der Waals surface area contributed by atoms with E-state index in [2.05, 4.69) is 29.2 Å². The summed E-state index contributed by atoms with van der Waals surface area (Å²) in [6.07, 6.45) is 3.34. The minimum absolute atomic E-state index is 0.103. The monoisotopic (exact) mass is 448 g/mol. The van der Waals surface area contributed by atoms with Crippen LogP contribution in [0.4, 0.5) is 10.5 Å². The normalized spacial score (nSPS) is 12.1. The summed E-state index contributed by atoms with van der Waals surface area (Å²) in [5.74, 6) is 0.342. The molecule has 1 aromatic carbocycles. The molecule has 0 fully saturated rings. The molecule has 0 radical (unpaired) electrons. The van der Waals surface area contributed by atoms with Crippen molar-refractivity contribution in [3.05, 3.63) is 70.7 Å². The number of amides is 1. The number of hydrogen-bond acceptors (Lipinski definition) is 6. The number of nitrogens with zero attached hydrogens (tertiary/aromatic N) is 3. The molecule has 1 atom stereocenters. The van der Waals surface area contributed by atoms with Gasteiger partial charge in [0.25, 0.3) is 0 Å². The van der Waals surface area contributed by atoms with E-state index in [1.807, 2.05) is 42.6 Å². The van der Waals surface area contributed by atoms with Crippen molar-refractivity contribution in [2.24, 2.45) is 5.92 Å². The third kappa shape index (κ3) is 4.70. The second-order valence-corrected chi connectivity index (χ2v) is 8.93. The summed E-state index contributed by atoms with van der Waals surface area (Å²) < 4.78 is 7.07. The van der Waals surface area contributed by atoms with Crippen LogP contribution in [0.15, 0.2) is 60.2 Å². The SMILES string of the molecule is CC(C)CC(C)OC(=O)Nc1cccc(-c2ccnc3c(C(=O)c4cccs4)cnn23)c1. The van der Waals surface area contributed by atoms with E-state index in [1.54, 1.807) is 29.0 Å². The molecule has 0 saturated carbocycles. The maximum atomic E-state index is 12.8. The lowest BCUT2D eigenvalue weighted by Crippen LogP contribution is -2.21.